The first-order chi connectivity index (χ1) is 41.7. The van der Waals surface area contributed by atoms with E-state index in [4.69, 9.17) is 0 Å². The van der Waals surface area contributed by atoms with Crippen molar-refractivity contribution < 1.29 is 0 Å². The zero-order valence-electron chi connectivity index (χ0n) is 45.0. The zero-order valence-corrected chi connectivity index (χ0v) is 45.0. The van der Waals surface area contributed by atoms with Crippen molar-refractivity contribution in [2.45, 2.75) is 23.7 Å². The molecule has 0 N–H and O–H groups in total. The summed E-state index contributed by atoms with van der Waals surface area (Å²) in [6.45, 7) is 9.21. The van der Waals surface area contributed by atoms with Gasteiger partial charge in [0.05, 0.1) is 45.8 Å². The zero-order chi connectivity index (χ0) is 54.5. The topological polar surface area (TPSA) is 37.0 Å². The summed E-state index contributed by atoms with van der Waals surface area (Å²) in [7, 11) is 0. The highest BCUT2D eigenvalue weighted by Crippen LogP contribution is 2.65. The monoisotopic (exact) mass is 1060 g/mol. The van der Waals surface area contributed by atoms with Crippen molar-refractivity contribution in [3.8, 4) is 28.3 Å². The van der Waals surface area contributed by atoms with Gasteiger partial charge in [-0.15, -0.1) is 0 Å². The minimum Gasteiger partial charge on any atom is -0.309 e. The highest BCUT2D eigenvalue weighted by Gasteiger charge is 2.47. The summed E-state index contributed by atoms with van der Waals surface area (Å²) in [6, 6.07) is 88.7. The average molecular weight is 1060 g/mol. The fraction of sp³-hybridized carbons (Fsp3) is 0.0500. The molecule has 23 rings (SSSR count). The Morgan fingerprint density at radius 3 is 1.11 bits per heavy atom. The molecule has 0 saturated heterocycles. The van der Waals surface area contributed by atoms with Gasteiger partial charge in [-0.25, -0.2) is 4.85 Å². The largest absolute Gasteiger partial charge is 0.309 e. The Morgan fingerprint density at radius 2 is 0.690 bits per heavy atom. The third-order valence-corrected chi connectivity index (χ3v) is 20.7. The van der Waals surface area contributed by atoms with E-state index in [1.807, 2.05) is 0 Å². The number of hydrogen-bond donors (Lipinski definition) is 0. The van der Waals surface area contributed by atoms with Crippen LogP contribution in [0.4, 0.5) is 5.69 Å². The number of nitrogens with zero attached hydrogens (tertiary/aromatic N) is 4. The van der Waals surface area contributed by atoms with Gasteiger partial charge in [-0.05, 0) is 124 Å². The number of fused-ring (bicyclic) bond motifs is 16. The van der Waals surface area contributed by atoms with Gasteiger partial charge in [0, 0.05) is 83.4 Å². The molecular formula is C80H42N4. The molecule has 0 aliphatic heterocycles. The van der Waals surface area contributed by atoms with Crippen LogP contribution in [0.3, 0.4) is 0 Å². The summed E-state index contributed by atoms with van der Waals surface area (Å²) < 4.78 is 5.23. The molecule has 382 valence electrons. The molecule has 0 saturated carbocycles. The molecule has 4 nitrogen and oxygen atoms in total. The standard InChI is InChI=1S/C80H42N4/c1-82-58-39-60-74(76-67-54-34-18-14-30-50(54)65(72(58)76)51-31-15-19-35-55(51)67)69-47-27-11-9-25-44(47)37-57-71-62(41-20-4-2-5-21-41)79-70(63(42-22-6-3-7-23-42)80(71)84(60)78(57)69)56-36-43-24-8-10-26-46(43)68-73-59(83(79)77(56)68)38-45(40-81)61-64-48-28-12-16-32-52(48)66(75(61)73)53-33-17-13-29-49(53)64/h2-39,64-67H. The number of rotatable bonds is 2. The number of hydrogen-bond acceptors (Lipinski definition) is 1. The number of nitriles is 1. The molecule has 4 heteroatoms. The predicted octanol–water partition coefficient (Wildman–Crippen LogP) is 20.0. The molecule has 0 radical (unpaired) electrons. The van der Waals surface area contributed by atoms with Crippen LogP contribution in [0.25, 0.3) is 125 Å². The van der Waals surface area contributed by atoms with Crippen LogP contribution in [0, 0.1) is 17.9 Å². The van der Waals surface area contributed by atoms with Gasteiger partial charge in [0.15, 0.2) is 5.69 Å². The summed E-state index contributed by atoms with van der Waals surface area (Å²) in [5, 5.41) is 26.2. The molecular weight excluding hydrogens is 1020 g/mol. The van der Waals surface area contributed by atoms with Crippen molar-refractivity contribution in [2.75, 3.05) is 0 Å². The van der Waals surface area contributed by atoms with E-state index in [-0.39, 0.29) is 23.7 Å². The lowest BCUT2D eigenvalue weighted by atomic mass is 9.59. The highest BCUT2D eigenvalue weighted by molar-refractivity contribution is 6.42. The first-order valence-electron chi connectivity index (χ1n) is 29.3. The van der Waals surface area contributed by atoms with E-state index in [1.54, 1.807) is 0 Å². The maximum Gasteiger partial charge on any atom is 0.193 e. The Bertz CT molecular complexity index is 5560. The molecule has 0 spiro atoms. The summed E-state index contributed by atoms with van der Waals surface area (Å²) in [5.41, 5.74) is 28.2. The summed E-state index contributed by atoms with van der Waals surface area (Å²) in [6.07, 6.45) is 0. The lowest BCUT2D eigenvalue weighted by Gasteiger charge is -2.43. The van der Waals surface area contributed by atoms with Gasteiger partial charge in [0.1, 0.15) is 0 Å². The minimum atomic E-state index is -0.0686. The Hall–Kier alpha value is -11.0. The summed E-state index contributed by atoms with van der Waals surface area (Å²) in [4.78, 5) is 4.58. The first kappa shape index (κ1) is 43.7. The molecule has 4 bridgehead atoms. The van der Waals surface area contributed by atoms with Gasteiger partial charge >= 0.3 is 0 Å². The second-order valence-corrected chi connectivity index (χ2v) is 24.1. The van der Waals surface area contributed by atoms with Gasteiger partial charge in [0.2, 0.25) is 0 Å². The first-order valence-corrected chi connectivity index (χ1v) is 29.3. The van der Waals surface area contributed by atoms with Crippen LogP contribution in [0.5, 0.6) is 0 Å². The van der Waals surface area contributed by atoms with Crippen molar-refractivity contribution >= 4 is 103 Å². The summed E-state index contributed by atoms with van der Waals surface area (Å²) >= 11 is 0. The van der Waals surface area contributed by atoms with Gasteiger partial charge in [-0.1, -0.05) is 206 Å². The summed E-state index contributed by atoms with van der Waals surface area (Å²) in [5.74, 6) is -0.244. The van der Waals surface area contributed by atoms with Crippen molar-refractivity contribution in [1.29, 1.82) is 5.26 Å². The van der Waals surface area contributed by atoms with E-state index in [0.29, 0.717) is 0 Å². The highest BCUT2D eigenvalue weighted by atomic mass is 15.0. The van der Waals surface area contributed by atoms with E-state index in [9.17, 15) is 11.8 Å². The fourth-order valence-corrected chi connectivity index (χ4v) is 17.9. The van der Waals surface area contributed by atoms with Crippen molar-refractivity contribution in [2.24, 2.45) is 0 Å². The van der Waals surface area contributed by atoms with Crippen LogP contribution < -0.4 is 0 Å². The normalized spacial score (nSPS) is 17.0. The molecule has 0 atom stereocenters. The average Bonchev–Trinajstić information content (AvgIpc) is 1.47. The van der Waals surface area contributed by atoms with E-state index in [2.05, 4.69) is 250 Å². The molecule has 6 aliphatic carbocycles. The van der Waals surface area contributed by atoms with E-state index in [0.717, 1.165) is 66.7 Å². The molecule has 13 aromatic carbocycles. The third-order valence-electron chi connectivity index (χ3n) is 20.7. The predicted molar refractivity (Wildman–Crippen MR) is 342 cm³/mol. The Kier molecular flexibility index (Phi) is 7.85. The minimum absolute atomic E-state index is 0.0539. The molecule has 0 fully saturated rings. The molecule has 17 aromatic rings. The van der Waals surface area contributed by atoms with Crippen LogP contribution in [-0.4, -0.2) is 8.80 Å². The molecule has 0 unspecified atom stereocenters. The quantitative estimate of drug-likeness (QED) is 0.159. The number of aromatic nitrogens is 2. The Balaban J connectivity index is 1.04. The lowest BCUT2D eigenvalue weighted by Crippen LogP contribution is -2.28. The van der Waals surface area contributed by atoms with Crippen molar-refractivity contribution in [3.05, 3.63) is 314 Å². The lowest BCUT2D eigenvalue weighted by molar-refractivity contribution is 0.759. The molecule has 4 heterocycles. The Morgan fingerprint density at radius 1 is 0.333 bits per heavy atom. The maximum absolute atomic E-state index is 11.7. The van der Waals surface area contributed by atoms with Gasteiger partial charge in [0.25, 0.3) is 0 Å². The van der Waals surface area contributed by atoms with Crippen LogP contribution >= 0.6 is 0 Å². The molecule has 6 aliphatic rings. The second-order valence-electron chi connectivity index (χ2n) is 24.1. The van der Waals surface area contributed by atoms with Crippen molar-refractivity contribution in [3.63, 3.8) is 0 Å². The number of benzene rings is 13. The van der Waals surface area contributed by atoms with Crippen LogP contribution in [-0.2, 0) is 0 Å². The van der Waals surface area contributed by atoms with Crippen LogP contribution in [0.2, 0.25) is 0 Å². The van der Waals surface area contributed by atoms with Crippen molar-refractivity contribution in [1.82, 2.24) is 8.80 Å². The van der Waals surface area contributed by atoms with Gasteiger partial charge < -0.3 is 8.80 Å². The third kappa shape index (κ3) is 4.87. The second kappa shape index (κ2) is 15.1. The van der Waals surface area contributed by atoms with Gasteiger partial charge in [-0.2, -0.15) is 5.26 Å². The van der Waals surface area contributed by atoms with E-state index in [1.165, 1.54) is 131 Å². The fourth-order valence-electron chi connectivity index (χ4n) is 17.9. The maximum atomic E-state index is 11.7. The van der Waals surface area contributed by atoms with E-state index >= 15 is 0 Å². The van der Waals surface area contributed by atoms with Crippen LogP contribution in [0.15, 0.2) is 231 Å². The smallest absolute Gasteiger partial charge is 0.193 e. The van der Waals surface area contributed by atoms with Gasteiger partial charge in [-0.3, -0.25) is 0 Å². The Labute approximate surface area is 481 Å². The molecule has 0 amide bonds. The SMILES string of the molecule is [C-]#[N+]c1cc2c(c3c1C1c4ccccc4C3c3ccccc31)c1c3ccccc3cc3c4c(-c5ccccc5)c5c(c(-c6ccccc6)c4n2c31)c1cc2ccccc2c2c3c4c(c(C#N)cc3n5c12)C1c2ccccc2C4c2ccccc21. The molecule has 84 heavy (non-hydrogen) atoms. The molecule has 4 aromatic heterocycles. The van der Waals surface area contributed by atoms with E-state index < -0.39 is 0 Å². The van der Waals surface area contributed by atoms with Crippen LogP contribution in [0.1, 0.15) is 96.0 Å².